The molecule has 7 N–H and O–H groups in total. The minimum Gasteiger partial charge on any atom is -0.481 e. The Morgan fingerprint density at radius 2 is 1.59 bits per heavy atom. The Kier molecular flexibility index (Phi) is 8.91. The fraction of sp³-hybridized carbons (Fsp3) is 0.308. The SMILES string of the molecule is NC(CC(=O)O)C(=O)O.O=C(O)C(CO)Nc1ccccc1. The number of nitrogens with two attached hydrogens (primary N) is 1. The first kappa shape index (κ1) is 19.4. The van der Waals surface area contributed by atoms with Crippen LogP contribution < -0.4 is 11.1 Å². The standard InChI is InChI=1S/C9H11NO3.C4H7NO4/c11-6-8(9(12)13)10-7-4-2-1-3-5-7;5-2(4(8)9)1-3(6)7/h1-5,8,10-11H,6H2,(H,12,13);2H,1,5H2,(H,6,7)(H,8,9). The van der Waals surface area contributed by atoms with E-state index >= 15 is 0 Å². The number of benzene rings is 1. The summed E-state index contributed by atoms with van der Waals surface area (Å²) in [7, 11) is 0. The molecule has 0 aliphatic carbocycles. The zero-order valence-electron chi connectivity index (χ0n) is 11.5. The van der Waals surface area contributed by atoms with E-state index < -0.39 is 43.0 Å². The van der Waals surface area contributed by atoms with E-state index in [0.717, 1.165) is 0 Å². The molecule has 1 aromatic carbocycles. The van der Waals surface area contributed by atoms with Gasteiger partial charge in [-0.25, -0.2) is 4.79 Å². The van der Waals surface area contributed by atoms with Crippen LogP contribution in [0.25, 0.3) is 0 Å². The number of carboxylic acid groups (broad SMARTS) is 3. The van der Waals surface area contributed by atoms with Gasteiger partial charge in [0.2, 0.25) is 0 Å². The first-order chi connectivity index (χ1) is 10.3. The monoisotopic (exact) mass is 314 g/mol. The molecule has 0 saturated carbocycles. The van der Waals surface area contributed by atoms with E-state index in [-0.39, 0.29) is 0 Å². The van der Waals surface area contributed by atoms with Crippen LogP contribution in [0.5, 0.6) is 0 Å². The predicted octanol–water partition coefficient (Wildman–Crippen LogP) is -0.583. The molecule has 0 heterocycles. The molecule has 122 valence electrons. The summed E-state index contributed by atoms with van der Waals surface area (Å²) in [5.41, 5.74) is 5.52. The van der Waals surface area contributed by atoms with Crippen LogP contribution in [0.2, 0.25) is 0 Å². The second-order valence-corrected chi connectivity index (χ2v) is 4.13. The molecule has 0 aromatic heterocycles. The molecule has 0 aliphatic rings. The maximum Gasteiger partial charge on any atom is 0.328 e. The number of aliphatic hydroxyl groups excluding tert-OH is 1. The van der Waals surface area contributed by atoms with Crippen LogP contribution in [0.3, 0.4) is 0 Å². The van der Waals surface area contributed by atoms with Gasteiger partial charge in [-0.05, 0) is 12.1 Å². The molecule has 9 heteroatoms. The van der Waals surface area contributed by atoms with Gasteiger partial charge in [-0.2, -0.15) is 0 Å². The van der Waals surface area contributed by atoms with Crippen molar-refractivity contribution in [2.75, 3.05) is 11.9 Å². The summed E-state index contributed by atoms with van der Waals surface area (Å²) in [6, 6.07) is 6.67. The molecule has 1 rings (SSSR count). The smallest absolute Gasteiger partial charge is 0.328 e. The van der Waals surface area contributed by atoms with Gasteiger partial charge in [-0.1, -0.05) is 18.2 Å². The molecule has 0 aliphatic heterocycles. The summed E-state index contributed by atoms with van der Waals surface area (Å²) in [6.45, 7) is -0.426. The molecule has 0 amide bonds. The largest absolute Gasteiger partial charge is 0.481 e. The molecule has 1 aromatic rings. The van der Waals surface area contributed by atoms with E-state index in [4.69, 9.17) is 26.2 Å². The number of nitrogens with one attached hydrogen (secondary N) is 1. The number of rotatable bonds is 7. The second-order valence-electron chi connectivity index (χ2n) is 4.13. The summed E-state index contributed by atoms with van der Waals surface area (Å²) >= 11 is 0. The van der Waals surface area contributed by atoms with Gasteiger partial charge in [-0.3, -0.25) is 9.59 Å². The zero-order chi connectivity index (χ0) is 17.1. The van der Waals surface area contributed by atoms with Crippen molar-refractivity contribution in [3.05, 3.63) is 30.3 Å². The molecule has 9 nitrogen and oxygen atoms in total. The summed E-state index contributed by atoms with van der Waals surface area (Å²) in [5.74, 6) is -3.56. The summed E-state index contributed by atoms with van der Waals surface area (Å²) in [4.78, 5) is 30.1. The number of aliphatic carboxylic acids is 3. The van der Waals surface area contributed by atoms with Crippen LogP contribution in [0, 0.1) is 0 Å². The van der Waals surface area contributed by atoms with Gasteiger partial charge in [0, 0.05) is 5.69 Å². The van der Waals surface area contributed by atoms with Crippen molar-refractivity contribution in [1.82, 2.24) is 0 Å². The van der Waals surface area contributed by atoms with E-state index in [1.54, 1.807) is 24.3 Å². The van der Waals surface area contributed by atoms with Gasteiger partial charge < -0.3 is 31.5 Å². The Morgan fingerprint density at radius 3 is 1.91 bits per heavy atom. The van der Waals surface area contributed by atoms with Crippen molar-refractivity contribution < 1.29 is 34.8 Å². The Labute approximate surface area is 126 Å². The molecule has 22 heavy (non-hydrogen) atoms. The zero-order valence-corrected chi connectivity index (χ0v) is 11.5. The first-order valence-electron chi connectivity index (χ1n) is 6.13. The molecule has 0 saturated heterocycles. The fourth-order valence-corrected chi connectivity index (χ4v) is 1.20. The van der Waals surface area contributed by atoms with Crippen molar-refractivity contribution in [2.24, 2.45) is 5.73 Å². The van der Waals surface area contributed by atoms with Crippen molar-refractivity contribution in [3.8, 4) is 0 Å². The number of anilines is 1. The molecule has 2 unspecified atom stereocenters. The summed E-state index contributed by atoms with van der Waals surface area (Å²) < 4.78 is 0. The summed E-state index contributed by atoms with van der Waals surface area (Å²) in [5, 5.41) is 36.0. The van der Waals surface area contributed by atoms with Gasteiger partial charge in [-0.15, -0.1) is 0 Å². The highest BCUT2D eigenvalue weighted by atomic mass is 16.4. The molecule has 2 atom stereocenters. The van der Waals surface area contributed by atoms with Gasteiger partial charge in [0.25, 0.3) is 0 Å². The Hall–Kier alpha value is -2.65. The molecule has 0 radical (unpaired) electrons. The van der Waals surface area contributed by atoms with Gasteiger partial charge in [0.05, 0.1) is 13.0 Å². The van der Waals surface area contributed by atoms with Gasteiger partial charge in [0.15, 0.2) is 0 Å². The maximum absolute atomic E-state index is 10.5. The number of hydrogen-bond acceptors (Lipinski definition) is 6. The predicted molar refractivity (Wildman–Crippen MR) is 76.4 cm³/mol. The third kappa shape index (κ3) is 8.51. The Morgan fingerprint density at radius 1 is 1.05 bits per heavy atom. The van der Waals surface area contributed by atoms with Crippen LogP contribution in [-0.4, -0.2) is 57.0 Å². The Bertz CT molecular complexity index is 492. The lowest BCUT2D eigenvalue weighted by molar-refractivity contribution is -0.144. The van der Waals surface area contributed by atoms with E-state index in [1.807, 2.05) is 6.07 Å². The number of hydrogen-bond donors (Lipinski definition) is 6. The highest BCUT2D eigenvalue weighted by Gasteiger charge is 2.15. The van der Waals surface area contributed by atoms with Crippen molar-refractivity contribution >= 4 is 23.6 Å². The molecule has 0 spiro atoms. The average molecular weight is 314 g/mol. The lowest BCUT2D eigenvalue weighted by Crippen LogP contribution is -2.32. The van der Waals surface area contributed by atoms with Crippen molar-refractivity contribution in [2.45, 2.75) is 18.5 Å². The normalized spacial score (nSPS) is 12.3. The fourth-order valence-electron chi connectivity index (χ4n) is 1.20. The second kappa shape index (κ2) is 10.1. The van der Waals surface area contributed by atoms with Crippen LogP contribution in [-0.2, 0) is 14.4 Å². The minimum atomic E-state index is -1.29. The lowest BCUT2D eigenvalue weighted by atomic mass is 10.2. The Balaban J connectivity index is 0.000000433. The minimum absolute atomic E-state index is 0.426. The van der Waals surface area contributed by atoms with Crippen LogP contribution in [0.15, 0.2) is 30.3 Å². The van der Waals surface area contributed by atoms with Gasteiger partial charge in [0.1, 0.15) is 12.1 Å². The van der Waals surface area contributed by atoms with E-state index in [1.165, 1.54) is 0 Å². The maximum atomic E-state index is 10.5. The van der Waals surface area contributed by atoms with Crippen molar-refractivity contribution in [1.29, 1.82) is 0 Å². The summed E-state index contributed by atoms with van der Waals surface area (Å²) in [6.07, 6.45) is -0.532. The third-order valence-corrected chi connectivity index (χ3v) is 2.31. The third-order valence-electron chi connectivity index (χ3n) is 2.31. The quantitative estimate of drug-likeness (QED) is 0.385. The first-order valence-corrected chi connectivity index (χ1v) is 6.13. The number of carbonyl (C=O) groups is 3. The average Bonchev–Trinajstić information content (AvgIpc) is 2.45. The van der Waals surface area contributed by atoms with Crippen molar-refractivity contribution in [3.63, 3.8) is 0 Å². The van der Waals surface area contributed by atoms with E-state index in [0.29, 0.717) is 5.69 Å². The molecule has 0 fully saturated rings. The molecular weight excluding hydrogens is 296 g/mol. The molecule has 0 bridgehead atoms. The van der Waals surface area contributed by atoms with Crippen LogP contribution in [0.1, 0.15) is 6.42 Å². The van der Waals surface area contributed by atoms with E-state index in [9.17, 15) is 14.4 Å². The number of para-hydroxylation sites is 1. The highest BCUT2D eigenvalue weighted by molar-refractivity contribution is 5.80. The topological polar surface area (TPSA) is 170 Å². The van der Waals surface area contributed by atoms with Crippen LogP contribution >= 0.6 is 0 Å². The number of carboxylic acids is 3. The number of aliphatic hydroxyl groups is 1. The highest BCUT2D eigenvalue weighted by Crippen LogP contribution is 2.06. The van der Waals surface area contributed by atoms with Gasteiger partial charge >= 0.3 is 17.9 Å². The lowest BCUT2D eigenvalue weighted by Gasteiger charge is -2.12. The van der Waals surface area contributed by atoms with E-state index in [2.05, 4.69) is 5.32 Å². The van der Waals surface area contributed by atoms with Crippen LogP contribution in [0.4, 0.5) is 5.69 Å². The molecular formula is C13H18N2O7.